The van der Waals surface area contributed by atoms with Crippen molar-refractivity contribution in [1.82, 2.24) is 4.90 Å². The van der Waals surface area contributed by atoms with Gasteiger partial charge in [0.2, 0.25) is 0 Å². The second-order valence-electron chi connectivity index (χ2n) is 6.77. The predicted molar refractivity (Wildman–Crippen MR) is 94.4 cm³/mol. The monoisotopic (exact) mass is 313 g/mol. The number of rotatable bonds is 15. The van der Waals surface area contributed by atoms with E-state index in [1.807, 2.05) is 0 Å². The molecule has 0 spiro atoms. The van der Waals surface area contributed by atoms with Gasteiger partial charge in [-0.25, -0.2) is 0 Å². The molecule has 0 aromatic heterocycles. The molecule has 0 atom stereocenters. The molecular formula is C19H39NO2. The van der Waals surface area contributed by atoms with Crippen LogP contribution in [0.3, 0.4) is 0 Å². The molecule has 0 saturated carbocycles. The van der Waals surface area contributed by atoms with E-state index in [4.69, 9.17) is 9.84 Å². The number of unbranched alkanes of at least 4 members (excludes halogenated alkanes) is 12. The van der Waals surface area contributed by atoms with Crippen molar-refractivity contribution in [3.8, 4) is 0 Å². The molecule has 0 radical (unpaired) electrons. The summed E-state index contributed by atoms with van der Waals surface area (Å²) in [6, 6.07) is 0. The lowest BCUT2D eigenvalue weighted by Gasteiger charge is -2.26. The van der Waals surface area contributed by atoms with Gasteiger partial charge in [0.25, 0.3) is 0 Å². The fourth-order valence-corrected chi connectivity index (χ4v) is 3.22. The van der Waals surface area contributed by atoms with Gasteiger partial charge in [0.1, 0.15) is 0 Å². The van der Waals surface area contributed by atoms with Crippen LogP contribution in [0.25, 0.3) is 0 Å². The van der Waals surface area contributed by atoms with Gasteiger partial charge < -0.3 is 9.84 Å². The van der Waals surface area contributed by atoms with Crippen LogP contribution in [0.2, 0.25) is 0 Å². The minimum Gasteiger partial charge on any atom is -0.396 e. The lowest BCUT2D eigenvalue weighted by Crippen LogP contribution is -2.36. The molecule has 3 nitrogen and oxygen atoms in total. The minimum absolute atomic E-state index is 0.368. The van der Waals surface area contributed by atoms with Crippen molar-refractivity contribution in [2.45, 2.75) is 83.5 Å². The molecule has 132 valence electrons. The summed E-state index contributed by atoms with van der Waals surface area (Å²) in [4.78, 5) is 2.55. The summed E-state index contributed by atoms with van der Waals surface area (Å²) in [7, 11) is 0. The van der Waals surface area contributed by atoms with Crippen LogP contribution in [0.4, 0.5) is 0 Å². The number of morpholine rings is 1. The summed E-state index contributed by atoms with van der Waals surface area (Å²) in [5.74, 6) is 0. The van der Waals surface area contributed by atoms with Gasteiger partial charge in [-0.2, -0.15) is 0 Å². The van der Waals surface area contributed by atoms with E-state index >= 15 is 0 Å². The Hall–Kier alpha value is -0.120. The fourth-order valence-electron chi connectivity index (χ4n) is 3.22. The van der Waals surface area contributed by atoms with Crippen molar-refractivity contribution in [1.29, 1.82) is 0 Å². The maximum absolute atomic E-state index is 8.70. The first-order valence-corrected chi connectivity index (χ1v) is 9.84. The Balaban J connectivity index is 1.68. The predicted octanol–water partition coefficient (Wildman–Crippen LogP) is 4.38. The van der Waals surface area contributed by atoms with Crippen molar-refractivity contribution >= 4 is 0 Å². The van der Waals surface area contributed by atoms with Crippen LogP contribution < -0.4 is 0 Å². The van der Waals surface area contributed by atoms with Crippen LogP contribution in [-0.2, 0) is 4.74 Å². The number of nitrogens with zero attached hydrogens (tertiary/aromatic N) is 1. The first kappa shape index (κ1) is 19.9. The Labute approximate surface area is 138 Å². The maximum atomic E-state index is 8.70. The first-order chi connectivity index (χ1) is 10.9. The number of aliphatic hydroxyl groups excluding tert-OH is 1. The molecule has 0 aromatic carbocycles. The smallest absolute Gasteiger partial charge is 0.0594 e. The molecule has 1 N–H and O–H groups in total. The molecule has 0 aromatic rings. The lowest BCUT2D eigenvalue weighted by atomic mass is 10.0. The van der Waals surface area contributed by atoms with Gasteiger partial charge in [-0.15, -0.1) is 0 Å². The highest BCUT2D eigenvalue weighted by atomic mass is 16.5. The summed E-state index contributed by atoms with van der Waals surface area (Å²) in [5, 5.41) is 8.70. The molecule has 1 aliphatic heterocycles. The lowest BCUT2D eigenvalue weighted by molar-refractivity contribution is 0.0371. The number of aliphatic hydroxyl groups is 1. The standard InChI is InChI=1S/C19H39NO2/c21-17-13-11-9-7-5-3-1-2-4-6-8-10-12-14-20-15-18-22-19-16-20/h21H,1-19H2. The first-order valence-electron chi connectivity index (χ1n) is 9.84. The molecule has 1 saturated heterocycles. The second-order valence-corrected chi connectivity index (χ2v) is 6.77. The molecule has 1 heterocycles. The Morgan fingerprint density at radius 3 is 1.45 bits per heavy atom. The number of ether oxygens (including phenoxy) is 1. The van der Waals surface area contributed by atoms with Gasteiger partial charge >= 0.3 is 0 Å². The third-order valence-corrected chi connectivity index (χ3v) is 4.74. The Morgan fingerprint density at radius 2 is 1.00 bits per heavy atom. The topological polar surface area (TPSA) is 32.7 Å². The summed E-state index contributed by atoms with van der Waals surface area (Å²) in [5.41, 5.74) is 0. The third-order valence-electron chi connectivity index (χ3n) is 4.74. The van der Waals surface area contributed by atoms with E-state index in [9.17, 15) is 0 Å². The van der Waals surface area contributed by atoms with Crippen LogP contribution in [0, 0.1) is 0 Å². The fraction of sp³-hybridized carbons (Fsp3) is 1.00. The molecule has 22 heavy (non-hydrogen) atoms. The quantitative estimate of drug-likeness (QED) is 0.455. The Morgan fingerprint density at radius 1 is 0.591 bits per heavy atom. The van der Waals surface area contributed by atoms with Gasteiger partial charge in [-0.1, -0.05) is 70.6 Å². The van der Waals surface area contributed by atoms with Crippen molar-refractivity contribution in [2.75, 3.05) is 39.5 Å². The highest BCUT2D eigenvalue weighted by Crippen LogP contribution is 2.12. The van der Waals surface area contributed by atoms with E-state index in [0.717, 1.165) is 32.7 Å². The van der Waals surface area contributed by atoms with Crippen LogP contribution in [0.1, 0.15) is 83.5 Å². The molecule has 0 unspecified atom stereocenters. The van der Waals surface area contributed by atoms with Crippen LogP contribution in [0.15, 0.2) is 0 Å². The zero-order chi connectivity index (χ0) is 15.7. The molecule has 3 heteroatoms. The van der Waals surface area contributed by atoms with Crippen molar-refractivity contribution < 1.29 is 9.84 Å². The second kappa shape index (κ2) is 15.8. The molecule has 0 amide bonds. The van der Waals surface area contributed by atoms with E-state index in [0.29, 0.717) is 6.61 Å². The Bertz CT molecular complexity index is 217. The average molecular weight is 314 g/mol. The summed E-state index contributed by atoms with van der Waals surface area (Å²) >= 11 is 0. The Kier molecular flexibility index (Phi) is 14.3. The van der Waals surface area contributed by atoms with Crippen molar-refractivity contribution in [3.63, 3.8) is 0 Å². The summed E-state index contributed by atoms with van der Waals surface area (Å²) in [6.07, 6.45) is 17.6. The van der Waals surface area contributed by atoms with Crippen LogP contribution in [0.5, 0.6) is 0 Å². The van der Waals surface area contributed by atoms with E-state index in [1.54, 1.807) is 0 Å². The van der Waals surface area contributed by atoms with E-state index in [-0.39, 0.29) is 0 Å². The van der Waals surface area contributed by atoms with E-state index in [2.05, 4.69) is 4.90 Å². The van der Waals surface area contributed by atoms with E-state index in [1.165, 1.54) is 83.6 Å². The molecule has 1 fully saturated rings. The molecule has 0 aliphatic carbocycles. The van der Waals surface area contributed by atoms with Crippen LogP contribution >= 0.6 is 0 Å². The van der Waals surface area contributed by atoms with Gasteiger partial charge in [-0.3, -0.25) is 4.90 Å². The van der Waals surface area contributed by atoms with Gasteiger partial charge in [0.05, 0.1) is 13.2 Å². The van der Waals surface area contributed by atoms with Crippen molar-refractivity contribution in [2.24, 2.45) is 0 Å². The molecule has 1 aliphatic rings. The molecule has 1 rings (SSSR count). The van der Waals surface area contributed by atoms with Crippen molar-refractivity contribution in [3.05, 3.63) is 0 Å². The van der Waals surface area contributed by atoms with Gasteiger partial charge in [-0.05, 0) is 19.4 Å². The van der Waals surface area contributed by atoms with Gasteiger partial charge in [0.15, 0.2) is 0 Å². The minimum atomic E-state index is 0.368. The number of hydrogen-bond acceptors (Lipinski definition) is 3. The SMILES string of the molecule is OCCCCCCCCCCCCCCCN1CCOCC1. The third kappa shape index (κ3) is 12.4. The highest BCUT2D eigenvalue weighted by Gasteiger charge is 2.08. The van der Waals surface area contributed by atoms with Gasteiger partial charge in [0, 0.05) is 19.7 Å². The van der Waals surface area contributed by atoms with E-state index < -0.39 is 0 Å². The zero-order valence-electron chi connectivity index (χ0n) is 14.7. The summed E-state index contributed by atoms with van der Waals surface area (Å²) < 4.78 is 5.37. The molecule has 0 bridgehead atoms. The normalized spacial score (nSPS) is 16.2. The maximum Gasteiger partial charge on any atom is 0.0594 e. The number of hydrogen-bond donors (Lipinski definition) is 1. The molecular weight excluding hydrogens is 274 g/mol. The largest absolute Gasteiger partial charge is 0.396 e. The average Bonchev–Trinajstić information content (AvgIpc) is 2.56. The highest BCUT2D eigenvalue weighted by molar-refractivity contribution is 4.61. The van der Waals surface area contributed by atoms with Crippen LogP contribution in [-0.4, -0.2) is 49.5 Å². The summed E-state index contributed by atoms with van der Waals surface area (Å²) in [6.45, 7) is 5.79. The zero-order valence-corrected chi connectivity index (χ0v) is 14.7.